The Hall–Kier alpha value is -1.98. The Morgan fingerprint density at radius 2 is 1.92 bits per heavy atom. The Balaban J connectivity index is 1.72. The zero-order valence-electron chi connectivity index (χ0n) is 13.5. The molecule has 6 nitrogen and oxygen atoms in total. The van der Waals surface area contributed by atoms with Gasteiger partial charge in [-0.3, -0.25) is 10.1 Å². The topological polar surface area (TPSA) is 79.4 Å². The fraction of sp³-hybridized carbons (Fsp3) is 0.333. The van der Waals surface area contributed by atoms with Gasteiger partial charge in [0.05, 0.1) is 17.5 Å². The molecular weight excluding hydrogens is 391 g/mol. The van der Waals surface area contributed by atoms with Gasteiger partial charge in [-0.15, -0.1) is 11.3 Å². The number of rotatable bonds is 3. The molecular formula is C15H14F3N3O3S2. The predicted octanol–water partition coefficient (Wildman–Crippen LogP) is 2.73. The van der Waals surface area contributed by atoms with Crippen molar-refractivity contribution in [1.82, 2.24) is 9.29 Å². The van der Waals surface area contributed by atoms with Gasteiger partial charge in [0.2, 0.25) is 10.0 Å². The van der Waals surface area contributed by atoms with Crippen LogP contribution < -0.4 is 5.32 Å². The number of nitrogens with zero attached hydrogens (tertiary/aromatic N) is 2. The van der Waals surface area contributed by atoms with Gasteiger partial charge >= 0.3 is 6.18 Å². The second-order valence-electron chi connectivity index (χ2n) is 5.76. The van der Waals surface area contributed by atoms with Crippen LogP contribution in [0.15, 0.2) is 24.3 Å². The Bertz CT molecular complexity index is 937. The number of carbonyl (C=O) groups excluding carboxylic acids is 1. The number of thiazole rings is 1. The number of benzene rings is 1. The number of aromatic nitrogens is 1. The molecule has 0 unspecified atom stereocenters. The largest absolute Gasteiger partial charge is 0.416 e. The van der Waals surface area contributed by atoms with Crippen molar-refractivity contribution in [2.45, 2.75) is 19.1 Å². The monoisotopic (exact) mass is 405 g/mol. The van der Waals surface area contributed by atoms with Crippen LogP contribution in [-0.4, -0.2) is 36.4 Å². The highest BCUT2D eigenvalue weighted by molar-refractivity contribution is 7.88. The highest BCUT2D eigenvalue weighted by Gasteiger charge is 2.30. The maximum absolute atomic E-state index is 12.6. The smallest absolute Gasteiger partial charge is 0.298 e. The van der Waals surface area contributed by atoms with Crippen LogP contribution in [0, 0.1) is 0 Å². The first kappa shape index (κ1) is 18.8. The number of halogens is 3. The number of alkyl halides is 3. The quantitative estimate of drug-likeness (QED) is 0.852. The molecule has 0 saturated heterocycles. The van der Waals surface area contributed by atoms with E-state index in [2.05, 4.69) is 10.3 Å². The number of carbonyl (C=O) groups is 1. The molecule has 0 atom stereocenters. The van der Waals surface area contributed by atoms with E-state index in [0.29, 0.717) is 13.0 Å². The first-order valence-corrected chi connectivity index (χ1v) is 10.1. The van der Waals surface area contributed by atoms with Crippen molar-refractivity contribution in [1.29, 1.82) is 0 Å². The van der Waals surface area contributed by atoms with Gasteiger partial charge in [0.15, 0.2) is 5.13 Å². The maximum Gasteiger partial charge on any atom is 0.416 e. The van der Waals surface area contributed by atoms with E-state index in [1.54, 1.807) is 0 Å². The normalized spacial score (nSPS) is 15.5. The number of amides is 1. The molecule has 3 rings (SSSR count). The molecule has 0 radical (unpaired) electrons. The van der Waals surface area contributed by atoms with Crippen LogP contribution in [0.4, 0.5) is 18.3 Å². The SMILES string of the molecule is CS(=O)(=O)N1CCc2nc(NC(=O)c3ccc(C(F)(F)F)cc3)sc2C1. The van der Waals surface area contributed by atoms with Crippen molar-refractivity contribution in [2.24, 2.45) is 0 Å². The number of sulfonamides is 1. The molecule has 0 fully saturated rings. The van der Waals surface area contributed by atoms with Crippen LogP contribution in [0.1, 0.15) is 26.5 Å². The first-order chi connectivity index (χ1) is 12.0. The lowest BCUT2D eigenvalue weighted by atomic mass is 10.1. The molecule has 26 heavy (non-hydrogen) atoms. The molecule has 1 aliphatic rings. The Morgan fingerprint density at radius 1 is 1.27 bits per heavy atom. The lowest BCUT2D eigenvalue weighted by Gasteiger charge is -2.23. The summed E-state index contributed by atoms with van der Waals surface area (Å²) in [5.74, 6) is -0.579. The van der Waals surface area contributed by atoms with E-state index < -0.39 is 27.7 Å². The summed E-state index contributed by atoms with van der Waals surface area (Å²) in [6, 6.07) is 3.87. The second-order valence-corrected chi connectivity index (χ2v) is 8.83. The molecule has 2 aromatic rings. The third kappa shape index (κ3) is 4.05. The minimum absolute atomic E-state index is 0.0731. The second kappa shape index (κ2) is 6.63. The van der Waals surface area contributed by atoms with Crippen LogP contribution in [0.3, 0.4) is 0 Å². The summed E-state index contributed by atoms with van der Waals surface area (Å²) in [6.07, 6.45) is -2.89. The molecule has 1 aromatic carbocycles. The Kier molecular flexibility index (Phi) is 4.80. The lowest BCUT2D eigenvalue weighted by Crippen LogP contribution is -2.34. The third-order valence-electron chi connectivity index (χ3n) is 3.86. The maximum atomic E-state index is 12.6. The molecule has 1 amide bonds. The number of fused-ring (bicyclic) bond motifs is 1. The number of hydrogen-bond donors (Lipinski definition) is 1. The van der Waals surface area contributed by atoms with Gasteiger partial charge < -0.3 is 0 Å². The molecule has 0 spiro atoms. The summed E-state index contributed by atoms with van der Waals surface area (Å²) in [4.78, 5) is 17.2. The highest BCUT2D eigenvalue weighted by Crippen LogP contribution is 2.31. The van der Waals surface area contributed by atoms with Gasteiger partial charge in [0.25, 0.3) is 5.91 Å². The minimum Gasteiger partial charge on any atom is -0.298 e. The molecule has 0 bridgehead atoms. The molecule has 11 heteroatoms. The van der Waals surface area contributed by atoms with E-state index in [4.69, 9.17) is 0 Å². The van der Waals surface area contributed by atoms with Gasteiger partial charge in [0.1, 0.15) is 0 Å². The first-order valence-electron chi connectivity index (χ1n) is 7.46. The zero-order chi connectivity index (χ0) is 19.1. The number of nitrogens with one attached hydrogen (secondary N) is 1. The molecule has 0 saturated carbocycles. The van der Waals surface area contributed by atoms with Gasteiger partial charge in [0, 0.05) is 30.0 Å². The van der Waals surface area contributed by atoms with E-state index in [0.717, 1.165) is 52.4 Å². The summed E-state index contributed by atoms with van der Waals surface area (Å²) in [5.41, 5.74) is -0.0406. The Morgan fingerprint density at radius 3 is 2.50 bits per heavy atom. The van der Waals surface area contributed by atoms with Crippen LogP contribution >= 0.6 is 11.3 Å². The van der Waals surface area contributed by atoms with Crippen molar-refractivity contribution in [2.75, 3.05) is 18.1 Å². The third-order valence-corrected chi connectivity index (χ3v) is 6.11. The van der Waals surface area contributed by atoms with Crippen LogP contribution in [0.2, 0.25) is 0 Å². The van der Waals surface area contributed by atoms with Crippen molar-refractivity contribution in [3.63, 3.8) is 0 Å². The molecule has 1 N–H and O–H groups in total. The number of hydrogen-bond acceptors (Lipinski definition) is 5. The van der Waals surface area contributed by atoms with Crippen LogP contribution in [0.25, 0.3) is 0 Å². The van der Waals surface area contributed by atoms with Gasteiger partial charge in [-0.1, -0.05) is 0 Å². The lowest BCUT2D eigenvalue weighted by molar-refractivity contribution is -0.137. The molecule has 1 aromatic heterocycles. The van der Waals surface area contributed by atoms with E-state index in [1.807, 2.05) is 0 Å². The number of anilines is 1. The Labute approximate surface area is 151 Å². The van der Waals surface area contributed by atoms with Gasteiger partial charge in [-0.2, -0.15) is 17.5 Å². The van der Waals surface area contributed by atoms with Gasteiger partial charge in [-0.25, -0.2) is 13.4 Å². The minimum atomic E-state index is -4.46. The summed E-state index contributed by atoms with van der Waals surface area (Å²) in [5, 5.41) is 2.83. The summed E-state index contributed by atoms with van der Waals surface area (Å²) in [6.45, 7) is 0.518. The molecule has 0 aliphatic carbocycles. The standard InChI is InChI=1S/C15H14F3N3O3S2/c1-26(23,24)21-7-6-11-12(8-21)25-14(19-11)20-13(22)9-2-4-10(5-3-9)15(16,17)18/h2-5H,6-8H2,1H3,(H,19,20,22). The fourth-order valence-corrected chi connectivity index (χ4v) is 4.38. The van der Waals surface area contributed by atoms with Crippen molar-refractivity contribution in [3.05, 3.63) is 46.0 Å². The van der Waals surface area contributed by atoms with Crippen LogP contribution in [-0.2, 0) is 29.2 Å². The zero-order valence-corrected chi connectivity index (χ0v) is 15.1. The fourth-order valence-electron chi connectivity index (χ4n) is 2.49. The van der Waals surface area contributed by atoms with E-state index >= 15 is 0 Å². The summed E-state index contributed by atoms with van der Waals surface area (Å²) in [7, 11) is -3.31. The van der Waals surface area contributed by atoms with Crippen molar-refractivity contribution < 1.29 is 26.4 Å². The van der Waals surface area contributed by atoms with E-state index in [-0.39, 0.29) is 17.2 Å². The van der Waals surface area contributed by atoms with Crippen molar-refractivity contribution >= 4 is 32.4 Å². The van der Waals surface area contributed by atoms with Gasteiger partial charge in [-0.05, 0) is 24.3 Å². The van der Waals surface area contributed by atoms with E-state index in [1.165, 1.54) is 4.31 Å². The molecule has 2 heterocycles. The van der Waals surface area contributed by atoms with E-state index in [9.17, 15) is 26.4 Å². The summed E-state index contributed by atoms with van der Waals surface area (Å²) < 4.78 is 62.3. The molecule has 140 valence electrons. The average molecular weight is 405 g/mol. The average Bonchev–Trinajstić information content (AvgIpc) is 2.94. The highest BCUT2D eigenvalue weighted by atomic mass is 32.2. The summed E-state index contributed by atoms with van der Waals surface area (Å²) >= 11 is 1.16. The predicted molar refractivity (Wildman–Crippen MR) is 90.5 cm³/mol. The van der Waals surface area contributed by atoms with Crippen molar-refractivity contribution in [3.8, 4) is 0 Å². The molecule has 1 aliphatic heterocycles. The van der Waals surface area contributed by atoms with Crippen LogP contribution in [0.5, 0.6) is 0 Å².